The lowest BCUT2D eigenvalue weighted by atomic mass is 9.98. The van der Waals surface area contributed by atoms with Crippen LogP contribution in [0.1, 0.15) is 50.2 Å². The molecule has 2 aromatic carbocycles. The Morgan fingerprint density at radius 1 is 1.09 bits per heavy atom. The third-order valence-corrected chi connectivity index (χ3v) is 6.90. The largest absolute Gasteiger partial charge is 0.481 e. The minimum atomic E-state index is -1.16. The van der Waals surface area contributed by atoms with E-state index in [4.69, 9.17) is 4.74 Å². The fourth-order valence-electron chi connectivity index (χ4n) is 5.26. The van der Waals surface area contributed by atoms with E-state index in [9.17, 15) is 19.5 Å². The minimum absolute atomic E-state index is 0.0538. The Labute approximate surface area is 193 Å². The van der Waals surface area contributed by atoms with Crippen LogP contribution >= 0.6 is 0 Å². The van der Waals surface area contributed by atoms with E-state index in [0.717, 1.165) is 35.1 Å². The van der Waals surface area contributed by atoms with Crippen molar-refractivity contribution in [1.29, 1.82) is 0 Å². The summed E-state index contributed by atoms with van der Waals surface area (Å²) in [7, 11) is 0. The lowest BCUT2D eigenvalue weighted by Gasteiger charge is -2.29. The molecule has 3 atom stereocenters. The molecule has 174 valence electrons. The number of carbonyl (C=O) groups is 3. The molecule has 1 fully saturated rings. The van der Waals surface area contributed by atoms with E-state index in [1.165, 1.54) is 0 Å². The number of nitrogens with zero attached hydrogens (tertiary/aromatic N) is 1. The molecule has 3 unspecified atom stereocenters. The summed E-state index contributed by atoms with van der Waals surface area (Å²) in [5.41, 5.74) is 4.41. The Kier molecular flexibility index (Phi) is 6.67. The molecule has 0 saturated carbocycles. The van der Waals surface area contributed by atoms with Gasteiger partial charge in [-0.25, -0.2) is 4.79 Å². The number of alkyl carbamates (subject to hydrolysis) is 1. The van der Waals surface area contributed by atoms with Crippen LogP contribution in [-0.4, -0.2) is 53.2 Å². The van der Waals surface area contributed by atoms with Gasteiger partial charge in [-0.2, -0.15) is 0 Å². The number of rotatable bonds is 7. The van der Waals surface area contributed by atoms with Gasteiger partial charge in [-0.05, 0) is 41.0 Å². The number of amides is 2. The van der Waals surface area contributed by atoms with Crippen molar-refractivity contribution in [2.24, 2.45) is 5.92 Å². The number of hydrogen-bond acceptors (Lipinski definition) is 4. The second kappa shape index (κ2) is 9.65. The number of carboxylic acids is 1. The van der Waals surface area contributed by atoms with Crippen LogP contribution in [0.2, 0.25) is 0 Å². The summed E-state index contributed by atoms with van der Waals surface area (Å²) in [5, 5.41) is 11.8. The predicted molar refractivity (Wildman–Crippen MR) is 124 cm³/mol. The van der Waals surface area contributed by atoms with Gasteiger partial charge >= 0.3 is 12.1 Å². The first-order valence-corrected chi connectivity index (χ1v) is 11.5. The van der Waals surface area contributed by atoms with E-state index < -0.39 is 24.5 Å². The van der Waals surface area contributed by atoms with E-state index >= 15 is 0 Å². The standard InChI is InChI=1S/C26H30N2O5/c1-3-23-16(2)12-13-28(23)25(31)22(14-24(29)30)27-26(32)33-15-21-19-10-6-4-8-17(19)18-9-5-7-11-20(18)21/h4-11,16,21-23H,3,12-15H2,1-2H3,(H,27,32)(H,29,30). The van der Waals surface area contributed by atoms with Crippen LogP contribution in [-0.2, 0) is 14.3 Å². The highest BCUT2D eigenvalue weighted by Gasteiger charge is 2.38. The summed E-state index contributed by atoms with van der Waals surface area (Å²) >= 11 is 0. The number of likely N-dealkylation sites (tertiary alicyclic amines) is 1. The Morgan fingerprint density at radius 3 is 2.27 bits per heavy atom. The number of fused-ring (bicyclic) bond motifs is 3. The molecule has 0 bridgehead atoms. The first-order chi connectivity index (χ1) is 15.9. The molecule has 2 aliphatic rings. The second-order valence-corrected chi connectivity index (χ2v) is 8.89. The number of hydrogen-bond donors (Lipinski definition) is 2. The minimum Gasteiger partial charge on any atom is -0.481 e. The molecule has 4 rings (SSSR count). The maximum Gasteiger partial charge on any atom is 0.407 e. The summed E-state index contributed by atoms with van der Waals surface area (Å²) in [6, 6.07) is 14.9. The summed E-state index contributed by atoms with van der Waals surface area (Å²) in [6.07, 6.45) is 0.397. The van der Waals surface area contributed by atoms with Gasteiger partial charge in [0.05, 0.1) is 6.42 Å². The fraction of sp³-hybridized carbons (Fsp3) is 0.423. The summed E-state index contributed by atoms with van der Waals surface area (Å²) in [5.74, 6) is -1.27. The maximum atomic E-state index is 13.1. The normalized spacial score (nSPS) is 20.1. The van der Waals surface area contributed by atoms with Crippen LogP contribution in [0, 0.1) is 5.92 Å². The van der Waals surface area contributed by atoms with Crippen molar-refractivity contribution in [1.82, 2.24) is 10.2 Å². The molecule has 0 spiro atoms. The van der Waals surface area contributed by atoms with Crippen molar-refractivity contribution in [2.75, 3.05) is 13.2 Å². The predicted octanol–water partition coefficient (Wildman–Crippen LogP) is 4.02. The molecular formula is C26H30N2O5. The Balaban J connectivity index is 1.44. The number of carboxylic acid groups (broad SMARTS) is 1. The number of benzene rings is 2. The third-order valence-electron chi connectivity index (χ3n) is 6.90. The zero-order valence-corrected chi connectivity index (χ0v) is 19.0. The molecular weight excluding hydrogens is 420 g/mol. The molecule has 1 saturated heterocycles. The summed E-state index contributed by atoms with van der Waals surface area (Å²) in [6.45, 7) is 4.78. The van der Waals surface area contributed by atoms with Crippen LogP contribution in [0.15, 0.2) is 48.5 Å². The molecule has 7 nitrogen and oxygen atoms in total. The van der Waals surface area contributed by atoms with Crippen LogP contribution in [0.25, 0.3) is 11.1 Å². The van der Waals surface area contributed by atoms with Gasteiger partial charge in [0, 0.05) is 18.5 Å². The van der Waals surface area contributed by atoms with Gasteiger partial charge in [-0.1, -0.05) is 62.4 Å². The van der Waals surface area contributed by atoms with Crippen LogP contribution in [0.4, 0.5) is 4.79 Å². The highest BCUT2D eigenvalue weighted by molar-refractivity contribution is 5.89. The average molecular weight is 451 g/mol. The highest BCUT2D eigenvalue weighted by Crippen LogP contribution is 2.44. The van der Waals surface area contributed by atoms with Crippen molar-refractivity contribution in [3.05, 3.63) is 59.7 Å². The number of nitrogens with one attached hydrogen (secondary N) is 1. The molecule has 7 heteroatoms. The number of ether oxygens (including phenoxy) is 1. The van der Waals surface area contributed by atoms with Gasteiger partial charge in [-0.3, -0.25) is 9.59 Å². The Hall–Kier alpha value is -3.35. The van der Waals surface area contributed by atoms with Crippen molar-refractivity contribution >= 4 is 18.0 Å². The van der Waals surface area contributed by atoms with E-state index in [2.05, 4.69) is 24.4 Å². The molecule has 1 aliphatic carbocycles. The van der Waals surface area contributed by atoms with E-state index in [-0.39, 0.29) is 24.5 Å². The first kappa shape index (κ1) is 22.8. The van der Waals surface area contributed by atoms with E-state index in [1.807, 2.05) is 43.3 Å². The lowest BCUT2D eigenvalue weighted by molar-refractivity contribution is -0.143. The lowest BCUT2D eigenvalue weighted by Crippen LogP contribution is -2.51. The average Bonchev–Trinajstić information content (AvgIpc) is 3.34. The van der Waals surface area contributed by atoms with Crippen LogP contribution in [0.5, 0.6) is 0 Å². The zero-order valence-electron chi connectivity index (χ0n) is 19.0. The van der Waals surface area contributed by atoms with Gasteiger partial charge in [0.25, 0.3) is 0 Å². The summed E-state index contributed by atoms with van der Waals surface area (Å²) < 4.78 is 5.53. The van der Waals surface area contributed by atoms with Gasteiger partial charge in [0.15, 0.2) is 0 Å². The quantitative estimate of drug-likeness (QED) is 0.664. The van der Waals surface area contributed by atoms with Gasteiger partial charge in [-0.15, -0.1) is 0 Å². The van der Waals surface area contributed by atoms with E-state index in [0.29, 0.717) is 12.5 Å². The topological polar surface area (TPSA) is 95.9 Å². The fourth-order valence-corrected chi connectivity index (χ4v) is 5.26. The summed E-state index contributed by atoms with van der Waals surface area (Å²) in [4.78, 5) is 38.9. The van der Waals surface area contributed by atoms with Gasteiger partial charge in [0.1, 0.15) is 12.6 Å². The maximum absolute atomic E-state index is 13.1. The molecule has 1 heterocycles. The molecule has 2 aromatic rings. The third kappa shape index (κ3) is 4.58. The van der Waals surface area contributed by atoms with Crippen molar-refractivity contribution in [2.45, 2.75) is 51.1 Å². The highest BCUT2D eigenvalue weighted by atomic mass is 16.5. The molecule has 1 aliphatic heterocycles. The van der Waals surface area contributed by atoms with Gasteiger partial charge in [0.2, 0.25) is 5.91 Å². The van der Waals surface area contributed by atoms with Crippen LogP contribution < -0.4 is 5.32 Å². The number of carbonyl (C=O) groups excluding carboxylic acids is 2. The smallest absolute Gasteiger partial charge is 0.407 e. The molecule has 2 amide bonds. The second-order valence-electron chi connectivity index (χ2n) is 8.89. The zero-order chi connectivity index (χ0) is 23.5. The SMILES string of the molecule is CCC1C(C)CCN1C(=O)C(CC(=O)O)NC(=O)OCC1c2ccccc2-c2ccccc21. The van der Waals surface area contributed by atoms with Crippen molar-refractivity contribution < 1.29 is 24.2 Å². The monoisotopic (exact) mass is 450 g/mol. The molecule has 33 heavy (non-hydrogen) atoms. The van der Waals surface area contributed by atoms with Gasteiger partial charge < -0.3 is 20.1 Å². The Morgan fingerprint density at radius 2 is 1.70 bits per heavy atom. The Bertz CT molecular complexity index is 1010. The molecule has 0 aromatic heterocycles. The molecule has 2 N–H and O–H groups in total. The molecule has 0 radical (unpaired) electrons. The number of aliphatic carboxylic acids is 1. The van der Waals surface area contributed by atoms with Crippen LogP contribution in [0.3, 0.4) is 0 Å². The van der Waals surface area contributed by atoms with Crippen molar-refractivity contribution in [3.8, 4) is 11.1 Å². The van der Waals surface area contributed by atoms with Crippen molar-refractivity contribution in [3.63, 3.8) is 0 Å². The van der Waals surface area contributed by atoms with E-state index in [1.54, 1.807) is 4.90 Å². The first-order valence-electron chi connectivity index (χ1n) is 11.5.